The first-order valence-electron chi connectivity index (χ1n) is 9.29. The van der Waals surface area contributed by atoms with Crippen molar-refractivity contribution in [1.29, 1.82) is 0 Å². The first-order valence-corrected chi connectivity index (χ1v) is 9.29. The largest absolute Gasteiger partial charge is 0.339 e. The lowest BCUT2D eigenvalue weighted by Gasteiger charge is -2.44. The van der Waals surface area contributed by atoms with Gasteiger partial charge in [0.15, 0.2) is 0 Å². The number of carbonyl (C=O) groups is 2. The van der Waals surface area contributed by atoms with Crippen LogP contribution in [0.2, 0.25) is 0 Å². The zero-order valence-electron chi connectivity index (χ0n) is 15.1. The third-order valence-corrected chi connectivity index (χ3v) is 5.30. The van der Waals surface area contributed by atoms with E-state index in [1.54, 1.807) is 17.1 Å². The van der Waals surface area contributed by atoms with Gasteiger partial charge in [-0.2, -0.15) is 5.10 Å². The molecule has 1 aromatic carbocycles. The van der Waals surface area contributed by atoms with E-state index >= 15 is 0 Å². The maximum atomic E-state index is 12.5. The second-order valence-corrected chi connectivity index (χ2v) is 6.97. The highest BCUT2D eigenvalue weighted by atomic mass is 16.2. The van der Waals surface area contributed by atoms with Crippen LogP contribution in [0.3, 0.4) is 0 Å². The van der Waals surface area contributed by atoms with E-state index in [9.17, 15) is 9.59 Å². The molecule has 2 amide bonds. The second kappa shape index (κ2) is 7.89. The van der Waals surface area contributed by atoms with Crippen molar-refractivity contribution in [2.24, 2.45) is 0 Å². The molecule has 2 aromatic rings. The monoisotopic (exact) mass is 368 g/mol. The molecule has 0 spiro atoms. The summed E-state index contributed by atoms with van der Waals surface area (Å²) in [5.41, 5.74) is 7.08. The highest BCUT2D eigenvalue weighted by Gasteiger charge is 2.36. The summed E-state index contributed by atoms with van der Waals surface area (Å²) >= 11 is 0. The summed E-state index contributed by atoms with van der Waals surface area (Å²) in [7, 11) is 0. The van der Waals surface area contributed by atoms with Crippen LogP contribution in [0.15, 0.2) is 48.8 Å². The number of hydrogen-bond acceptors (Lipinski definition) is 5. The molecular weight excluding hydrogens is 344 g/mol. The van der Waals surface area contributed by atoms with Gasteiger partial charge in [-0.15, -0.1) is 0 Å². The van der Waals surface area contributed by atoms with Gasteiger partial charge in [-0.05, 0) is 11.6 Å². The highest BCUT2D eigenvalue weighted by Crippen LogP contribution is 2.26. The first kappa shape index (κ1) is 17.7. The van der Waals surface area contributed by atoms with Crippen LogP contribution in [-0.2, 0) is 16.1 Å². The molecule has 2 saturated heterocycles. The van der Waals surface area contributed by atoms with E-state index < -0.39 is 0 Å². The average molecular weight is 368 g/mol. The number of nitrogens with zero attached hydrogens (tertiary/aromatic N) is 4. The molecule has 2 atom stereocenters. The molecule has 2 aliphatic heterocycles. The highest BCUT2D eigenvalue weighted by molar-refractivity contribution is 5.77. The van der Waals surface area contributed by atoms with Crippen LogP contribution in [0.5, 0.6) is 0 Å². The van der Waals surface area contributed by atoms with Gasteiger partial charge in [-0.1, -0.05) is 30.3 Å². The van der Waals surface area contributed by atoms with Crippen LogP contribution >= 0.6 is 0 Å². The quantitative estimate of drug-likeness (QED) is 0.804. The number of benzene rings is 1. The van der Waals surface area contributed by atoms with Gasteiger partial charge >= 0.3 is 0 Å². The fourth-order valence-electron chi connectivity index (χ4n) is 3.85. The Balaban J connectivity index is 1.39. The average Bonchev–Trinajstić information content (AvgIpc) is 3.22. The Kier molecular flexibility index (Phi) is 5.17. The fraction of sp³-hybridized carbons (Fsp3) is 0.421. The van der Waals surface area contributed by atoms with Crippen LogP contribution in [-0.4, -0.2) is 63.6 Å². The Labute approximate surface area is 158 Å². The van der Waals surface area contributed by atoms with Crippen molar-refractivity contribution in [3.8, 4) is 0 Å². The summed E-state index contributed by atoms with van der Waals surface area (Å²) in [4.78, 5) is 28.6. The van der Waals surface area contributed by atoms with E-state index in [1.165, 1.54) is 0 Å². The van der Waals surface area contributed by atoms with Crippen molar-refractivity contribution in [2.75, 3.05) is 26.2 Å². The number of hydrazine groups is 1. The summed E-state index contributed by atoms with van der Waals surface area (Å²) in [6.45, 7) is 3.12. The van der Waals surface area contributed by atoms with Crippen LogP contribution in [0, 0.1) is 0 Å². The van der Waals surface area contributed by atoms with Gasteiger partial charge in [0, 0.05) is 51.0 Å². The second-order valence-electron chi connectivity index (χ2n) is 6.97. The Morgan fingerprint density at radius 2 is 1.89 bits per heavy atom. The third kappa shape index (κ3) is 4.01. The van der Waals surface area contributed by atoms with E-state index in [1.807, 2.05) is 29.2 Å². The van der Waals surface area contributed by atoms with Gasteiger partial charge in [0.2, 0.25) is 11.8 Å². The van der Waals surface area contributed by atoms with E-state index in [4.69, 9.17) is 0 Å². The molecule has 2 N–H and O–H groups in total. The SMILES string of the molecule is O=C1CC(N2CCN(C(=O)Cn3cccn3)CC2)C(c2ccccc2)NN1. The molecule has 8 nitrogen and oxygen atoms in total. The number of hydrogen-bond donors (Lipinski definition) is 2. The van der Waals surface area contributed by atoms with Gasteiger partial charge in [-0.25, -0.2) is 5.43 Å². The lowest BCUT2D eigenvalue weighted by molar-refractivity contribution is -0.135. The van der Waals surface area contributed by atoms with Crippen molar-refractivity contribution in [1.82, 2.24) is 30.4 Å². The Morgan fingerprint density at radius 1 is 1.11 bits per heavy atom. The maximum Gasteiger partial charge on any atom is 0.244 e. The minimum atomic E-state index is 0.00405. The summed E-state index contributed by atoms with van der Waals surface area (Å²) in [5, 5.41) is 4.10. The van der Waals surface area contributed by atoms with Crippen molar-refractivity contribution in [3.05, 3.63) is 54.4 Å². The van der Waals surface area contributed by atoms with Crippen LogP contribution in [0.25, 0.3) is 0 Å². The van der Waals surface area contributed by atoms with E-state index in [0.29, 0.717) is 19.5 Å². The lowest BCUT2D eigenvalue weighted by atomic mass is 9.93. The lowest BCUT2D eigenvalue weighted by Crippen LogP contribution is -2.60. The Bertz CT molecular complexity index is 771. The number of piperazine rings is 1. The molecule has 8 heteroatoms. The number of nitrogens with one attached hydrogen (secondary N) is 2. The fourth-order valence-corrected chi connectivity index (χ4v) is 3.85. The van der Waals surface area contributed by atoms with E-state index in [2.05, 4.69) is 33.0 Å². The smallest absolute Gasteiger partial charge is 0.244 e. The molecule has 3 heterocycles. The Morgan fingerprint density at radius 3 is 2.59 bits per heavy atom. The molecule has 142 valence electrons. The molecule has 0 saturated carbocycles. The van der Waals surface area contributed by atoms with Crippen LogP contribution in [0.4, 0.5) is 0 Å². The summed E-state index contributed by atoms with van der Waals surface area (Å²) in [6.07, 6.45) is 3.93. The first-order chi connectivity index (χ1) is 13.2. The van der Waals surface area contributed by atoms with Crippen molar-refractivity contribution in [3.63, 3.8) is 0 Å². The Hall–Kier alpha value is -2.71. The van der Waals surface area contributed by atoms with Gasteiger partial charge in [0.05, 0.1) is 6.04 Å². The van der Waals surface area contributed by atoms with Crippen LogP contribution < -0.4 is 10.9 Å². The van der Waals surface area contributed by atoms with Gasteiger partial charge in [0.25, 0.3) is 0 Å². The molecule has 27 heavy (non-hydrogen) atoms. The summed E-state index contributed by atoms with van der Waals surface area (Å²) in [5.74, 6) is 0.0850. The van der Waals surface area contributed by atoms with Crippen molar-refractivity contribution >= 4 is 11.8 Å². The molecule has 0 radical (unpaired) electrons. The third-order valence-electron chi connectivity index (χ3n) is 5.30. The molecule has 0 aliphatic carbocycles. The standard InChI is InChI=1S/C19H24N6O2/c26-17-13-16(19(22-21-17)15-5-2-1-3-6-15)23-9-11-24(12-10-23)18(27)14-25-8-4-7-20-25/h1-8,16,19,22H,9-14H2,(H,21,26). The van der Waals surface area contributed by atoms with Crippen molar-refractivity contribution < 1.29 is 9.59 Å². The van der Waals surface area contributed by atoms with Gasteiger partial charge in [-0.3, -0.25) is 24.6 Å². The zero-order valence-corrected chi connectivity index (χ0v) is 15.1. The maximum absolute atomic E-state index is 12.5. The predicted octanol–water partition coefficient (Wildman–Crippen LogP) is 0.162. The molecule has 0 bridgehead atoms. The molecule has 2 aliphatic rings. The summed E-state index contributed by atoms with van der Waals surface area (Å²) in [6, 6.07) is 12.1. The molecule has 1 aromatic heterocycles. The number of amides is 2. The number of aromatic nitrogens is 2. The van der Waals surface area contributed by atoms with Crippen molar-refractivity contribution in [2.45, 2.75) is 25.0 Å². The van der Waals surface area contributed by atoms with E-state index in [0.717, 1.165) is 18.7 Å². The van der Waals surface area contributed by atoms with Gasteiger partial charge < -0.3 is 4.90 Å². The molecule has 2 fully saturated rings. The minimum Gasteiger partial charge on any atom is -0.339 e. The number of rotatable bonds is 4. The molecule has 2 unspecified atom stereocenters. The van der Waals surface area contributed by atoms with E-state index in [-0.39, 0.29) is 30.4 Å². The summed E-state index contributed by atoms with van der Waals surface area (Å²) < 4.78 is 1.65. The number of carbonyl (C=O) groups excluding carboxylic acids is 2. The topological polar surface area (TPSA) is 82.5 Å². The minimum absolute atomic E-state index is 0.00405. The molecular formula is C19H24N6O2. The normalized spacial score (nSPS) is 23.9. The molecule has 4 rings (SSSR count). The van der Waals surface area contributed by atoms with Gasteiger partial charge in [0.1, 0.15) is 6.54 Å². The zero-order chi connectivity index (χ0) is 18.6. The predicted molar refractivity (Wildman–Crippen MR) is 99.2 cm³/mol. The van der Waals surface area contributed by atoms with Crippen LogP contribution in [0.1, 0.15) is 18.0 Å².